The Morgan fingerprint density at radius 3 is 2.82 bits per heavy atom. The highest BCUT2D eigenvalue weighted by atomic mass is 16.3. The maximum Gasteiger partial charge on any atom is 0.144 e. The monoisotopic (exact) mass is 227 g/mol. The third-order valence-corrected chi connectivity index (χ3v) is 2.52. The van der Waals surface area contributed by atoms with E-state index in [4.69, 9.17) is 0 Å². The summed E-state index contributed by atoms with van der Waals surface area (Å²) in [5, 5.41) is 19.0. The number of H-pyrrole nitrogens is 1. The number of hydrogen-bond donors (Lipinski definition) is 3. The predicted octanol–water partition coefficient (Wildman–Crippen LogP) is 2.04. The van der Waals surface area contributed by atoms with Crippen LogP contribution in [0.15, 0.2) is 36.7 Å². The zero-order valence-corrected chi connectivity index (χ0v) is 8.75. The number of pyridine rings is 1. The number of aromatic amines is 1. The largest absolute Gasteiger partial charge is 0.508 e. The van der Waals surface area contributed by atoms with Gasteiger partial charge in [-0.2, -0.15) is 0 Å². The summed E-state index contributed by atoms with van der Waals surface area (Å²) in [5.74, 6) is 0.785. The summed E-state index contributed by atoms with van der Waals surface area (Å²) >= 11 is 0. The van der Waals surface area contributed by atoms with E-state index in [2.05, 4.69) is 15.0 Å². The zero-order valence-electron chi connectivity index (χ0n) is 8.75. The summed E-state index contributed by atoms with van der Waals surface area (Å²) in [6, 6.07) is 6.54. The SMILES string of the molecule is Oc1ccc2nc(-c3ccncc3O)[nH]c2c1. The van der Waals surface area contributed by atoms with E-state index in [1.54, 1.807) is 30.5 Å². The number of hydrogen-bond acceptors (Lipinski definition) is 4. The molecule has 0 saturated carbocycles. The topological polar surface area (TPSA) is 82.0 Å². The molecule has 0 amide bonds. The molecule has 0 spiro atoms. The van der Waals surface area contributed by atoms with Crippen LogP contribution in [0, 0.1) is 0 Å². The van der Waals surface area contributed by atoms with Gasteiger partial charge in [0.05, 0.1) is 22.8 Å². The Balaban J connectivity index is 2.22. The standard InChI is InChI=1S/C12H9N3O2/c16-7-1-2-9-10(5-7)15-12(14-9)8-3-4-13-6-11(8)17/h1-6,16-17H,(H,14,15). The molecule has 0 bridgehead atoms. The van der Waals surface area contributed by atoms with Crippen LogP contribution in [0.1, 0.15) is 0 Å². The molecule has 17 heavy (non-hydrogen) atoms. The average Bonchev–Trinajstić information content (AvgIpc) is 2.72. The van der Waals surface area contributed by atoms with Gasteiger partial charge in [-0.1, -0.05) is 0 Å². The molecule has 0 aliphatic rings. The molecular weight excluding hydrogens is 218 g/mol. The van der Waals surface area contributed by atoms with Crippen molar-refractivity contribution in [3.63, 3.8) is 0 Å². The zero-order chi connectivity index (χ0) is 11.8. The Labute approximate surface area is 96.4 Å². The van der Waals surface area contributed by atoms with Crippen molar-refractivity contribution in [2.24, 2.45) is 0 Å². The number of aromatic nitrogens is 3. The Kier molecular flexibility index (Phi) is 1.98. The number of rotatable bonds is 1. The van der Waals surface area contributed by atoms with E-state index in [-0.39, 0.29) is 11.5 Å². The number of nitrogens with one attached hydrogen (secondary N) is 1. The predicted molar refractivity (Wildman–Crippen MR) is 62.7 cm³/mol. The molecule has 0 fully saturated rings. The van der Waals surface area contributed by atoms with E-state index in [0.717, 1.165) is 11.0 Å². The smallest absolute Gasteiger partial charge is 0.144 e. The second kappa shape index (κ2) is 3.48. The van der Waals surface area contributed by atoms with Crippen molar-refractivity contribution in [3.8, 4) is 22.9 Å². The van der Waals surface area contributed by atoms with Gasteiger partial charge in [0.25, 0.3) is 0 Å². The molecule has 0 aliphatic heterocycles. The molecule has 0 saturated heterocycles. The minimum atomic E-state index is 0.0655. The second-order valence-corrected chi connectivity index (χ2v) is 3.68. The molecule has 3 N–H and O–H groups in total. The van der Waals surface area contributed by atoms with Crippen LogP contribution in [0.4, 0.5) is 0 Å². The molecule has 0 atom stereocenters. The summed E-state index contributed by atoms with van der Waals surface area (Å²) in [7, 11) is 0. The van der Waals surface area contributed by atoms with E-state index in [0.29, 0.717) is 11.4 Å². The Morgan fingerprint density at radius 1 is 1.12 bits per heavy atom. The number of aromatic hydroxyl groups is 2. The van der Waals surface area contributed by atoms with Crippen LogP contribution in [-0.4, -0.2) is 25.2 Å². The first-order valence-corrected chi connectivity index (χ1v) is 5.06. The van der Waals surface area contributed by atoms with Gasteiger partial charge in [0.15, 0.2) is 0 Å². The van der Waals surface area contributed by atoms with Gasteiger partial charge in [-0.15, -0.1) is 0 Å². The van der Waals surface area contributed by atoms with Gasteiger partial charge in [0.1, 0.15) is 17.3 Å². The first kappa shape index (κ1) is 9.65. The lowest BCUT2D eigenvalue weighted by atomic mass is 10.2. The molecule has 1 aromatic carbocycles. The number of fused-ring (bicyclic) bond motifs is 1. The molecule has 2 aromatic heterocycles. The van der Waals surface area contributed by atoms with Gasteiger partial charge < -0.3 is 15.2 Å². The lowest BCUT2D eigenvalue weighted by Gasteiger charge is -1.98. The summed E-state index contributed by atoms with van der Waals surface area (Å²) < 4.78 is 0. The minimum absolute atomic E-state index is 0.0655. The summed E-state index contributed by atoms with van der Waals surface area (Å²) in [5.41, 5.74) is 2.03. The highest BCUT2D eigenvalue weighted by Gasteiger charge is 2.09. The average molecular weight is 227 g/mol. The van der Waals surface area contributed by atoms with Gasteiger partial charge in [-0.05, 0) is 18.2 Å². The van der Waals surface area contributed by atoms with Crippen molar-refractivity contribution < 1.29 is 10.2 Å². The Morgan fingerprint density at radius 2 is 2.00 bits per heavy atom. The summed E-state index contributed by atoms with van der Waals surface area (Å²) in [6.07, 6.45) is 2.94. The molecule has 3 aromatic rings. The molecule has 0 unspecified atom stereocenters. The second-order valence-electron chi connectivity index (χ2n) is 3.68. The Bertz CT molecular complexity index is 691. The molecular formula is C12H9N3O2. The number of phenolic OH excluding ortho intramolecular Hbond substituents is 1. The summed E-state index contributed by atoms with van der Waals surface area (Å²) in [6.45, 7) is 0. The lowest BCUT2D eigenvalue weighted by molar-refractivity contribution is 0.474. The van der Waals surface area contributed by atoms with E-state index >= 15 is 0 Å². The minimum Gasteiger partial charge on any atom is -0.508 e. The highest BCUT2D eigenvalue weighted by molar-refractivity contribution is 5.81. The fourth-order valence-corrected chi connectivity index (χ4v) is 1.71. The molecule has 5 heteroatoms. The van der Waals surface area contributed by atoms with Gasteiger partial charge in [0.2, 0.25) is 0 Å². The third-order valence-electron chi connectivity index (χ3n) is 2.52. The van der Waals surface area contributed by atoms with Crippen molar-refractivity contribution in [1.82, 2.24) is 15.0 Å². The van der Waals surface area contributed by atoms with Crippen LogP contribution in [0.2, 0.25) is 0 Å². The van der Waals surface area contributed by atoms with Crippen LogP contribution in [0.3, 0.4) is 0 Å². The normalized spacial score (nSPS) is 10.8. The number of phenols is 1. The molecule has 2 heterocycles. The number of nitrogens with zero attached hydrogens (tertiary/aromatic N) is 2. The quantitative estimate of drug-likeness (QED) is 0.594. The van der Waals surface area contributed by atoms with Crippen molar-refractivity contribution in [1.29, 1.82) is 0 Å². The lowest BCUT2D eigenvalue weighted by Crippen LogP contribution is -1.82. The first-order chi connectivity index (χ1) is 8.24. The molecule has 0 aliphatic carbocycles. The van der Waals surface area contributed by atoms with Gasteiger partial charge in [-0.3, -0.25) is 4.98 Å². The molecule has 84 valence electrons. The maximum atomic E-state index is 9.67. The van der Waals surface area contributed by atoms with Crippen molar-refractivity contribution >= 4 is 11.0 Å². The van der Waals surface area contributed by atoms with Gasteiger partial charge >= 0.3 is 0 Å². The molecule has 0 radical (unpaired) electrons. The number of benzene rings is 1. The first-order valence-electron chi connectivity index (χ1n) is 5.06. The van der Waals surface area contributed by atoms with Crippen LogP contribution in [0.5, 0.6) is 11.5 Å². The Hall–Kier alpha value is -2.56. The van der Waals surface area contributed by atoms with E-state index < -0.39 is 0 Å². The van der Waals surface area contributed by atoms with Crippen LogP contribution in [-0.2, 0) is 0 Å². The van der Waals surface area contributed by atoms with Crippen LogP contribution in [0.25, 0.3) is 22.4 Å². The van der Waals surface area contributed by atoms with Crippen molar-refractivity contribution in [2.45, 2.75) is 0 Å². The van der Waals surface area contributed by atoms with E-state index in [1.807, 2.05) is 0 Å². The number of imidazole rings is 1. The fourth-order valence-electron chi connectivity index (χ4n) is 1.71. The van der Waals surface area contributed by atoms with E-state index in [9.17, 15) is 10.2 Å². The van der Waals surface area contributed by atoms with Gasteiger partial charge in [0, 0.05) is 12.3 Å². The van der Waals surface area contributed by atoms with E-state index in [1.165, 1.54) is 6.20 Å². The summed E-state index contributed by atoms with van der Waals surface area (Å²) in [4.78, 5) is 11.2. The van der Waals surface area contributed by atoms with Gasteiger partial charge in [-0.25, -0.2) is 4.98 Å². The van der Waals surface area contributed by atoms with Crippen LogP contribution < -0.4 is 0 Å². The fraction of sp³-hybridized carbons (Fsp3) is 0. The van der Waals surface area contributed by atoms with Crippen LogP contribution >= 0.6 is 0 Å². The highest BCUT2D eigenvalue weighted by Crippen LogP contribution is 2.28. The third kappa shape index (κ3) is 1.57. The maximum absolute atomic E-state index is 9.67. The molecule has 5 nitrogen and oxygen atoms in total. The van der Waals surface area contributed by atoms with Crippen molar-refractivity contribution in [2.75, 3.05) is 0 Å². The molecule has 3 rings (SSSR count). The van der Waals surface area contributed by atoms with Crippen molar-refractivity contribution in [3.05, 3.63) is 36.7 Å².